The van der Waals surface area contributed by atoms with Gasteiger partial charge in [-0.25, -0.2) is 4.98 Å². The van der Waals surface area contributed by atoms with Gasteiger partial charge in [0.05, 0.1) is 0 Å². The number of nitrogens with two attached hydrogens (primary N) is 1. The first kappa shape index (κ1) is 14.5. The largest absolute Gasteiger partial charge is 0.384 e. The van der Waals surface area contributed by atoms with Crippen LogP contribution in [0.5, 0.6) is 0 Å². The number of anilines is 1. The van der Waals surface area contributed by atoms with Gasteiger partial charge in [-0.2, -0.15) is 0 Å². The molecule has 4 nitrogen and oxygen atoms in total. The molecule has 1 aromatic heterocycles. The molecule has 0 bridgehead atoms. The van der Waals surface area contributed by atoms with Crippen LogP contribution < -0.4 is 11.1 Å². The third-order valence-corrected chi connectivity index (χ3v) is 2.80. The summed E-state index contributed by atoms with van der Waals surface area (Å²) in [7, 11) is 0. The zero-order valence-electron chi connectivity index (χ0n) is 11.4. The average Bonchev–Trinajstić information content (AvgIpc) is 2.28. The van der Waals surface area contributed by atoms with E-state index in [0.717, 1.165) is 12.8 Å². The molecule has 0 aliphatic carbocycles. The highest BCUT2D eigenvalue weighted by molar-refractivity contribution is 5.92. The van der Waals surface area contributed by atoms with Gasteiger partial charge in [0.2, 0.25) is 0 Å². The second-order valence-electron chi connectivity index (χ2n) is 5.15. The van der Waals surface area contributed by atoms with E-state index < -0.39 is 0 Å². The molecule has 1 aromatic rings. The van der Waals surface area contributed by atoms with Gasteiger partial charge in [-0.1, -0.05) is 32.8 Å². The summed E-state index contributed by atoms with van der Waals surface area (Å²) in [6.45, 7) is 6.43. The zero-order chi connectivity index (χ0) is 13.5. The Bertz CT molecular complexity index is 390. The number of carbonyl (C=O) groups excluding carboxylic acids is 1. The van der Waals surface area contributed by atoms with Gasteiger partial charge in [-0.05, 0) is 31.4 Å². The number of hydrogen-bond donors (Lipinski definition) is 2. The van der Waals surface area contributed by atoms with Crippen molar-refractivity contribution in [2.75, 3.05) is 5.73 Å². The van der Waals surface area contributed by atoms with Gasteiger partial charge in [0.15, 0.2) is 0 Å². The van der Waals surface area contributed by atoms with Crippen molar-refractivity contribution in [3.8, 4) is 0 Å². The van der Waals surface area contributed by atoms with Gasteiger partial charge in [0.25, 0.3) is 5.91 Å². The third-order valence-electron chi connectivity index (χ3n) is 2.80. The monoisotopic (exact) mass is 249 g/mol. The van der Waals surface area contributed by atoms with Crippen LogP contribution in [0.25, 0.3) is 0 Å². The van der Waals surface area contributed by atoms with Crippen molar-refractivity contribution in [3.63, 3.8) is 0 Å². The second-order valence-corrected chi connectivity index (χ2v) is 5.15. The summed E-state index contributed by atoms with van der Waals surface area (Å²) >= 11 is 0. The summed E-state index contributed by atoms with van der Waals surface area (Å²) in [4.78, 5) is 15.9. The fraction of sp³-hybridized carbons (Fsp3) is 0.571. The highest BCUT2D eigenvalue weighted by atomic mass is 16.1. The van der Waals surface area contributed by atoms with E-state index >= 15 is 0 Å². The Kier molecular flexibility index (Phi) is 5.62. The van der Waals surface area contributed by atoms with E-state index in [1.807, 2.05) is 6.92 Å². The molecule has 100 valence electrons. The molecule has 4 heteroatoms. The maximum Gasteiger partial charge on any atom is 0.270 e. The van der Waals surface area contributed by atoms with Crippen molar-refractivity contribution in [1.82, 2.24) is 10.3 Å². The molecule has 0 aliphatic rings. The standard InChI is InChI=1S/C14H23N3O/c1-10(2)6-4-7-11(3)16-14(18)12-8-5-9-13(15)17-12/h5,8-11H,4,6-7H2,1-3H3,(H2,15,17)(H,16,18). The minimum absolute atomic E-state index is 0.153. The first-order valence-corrected chi connectivity index (χ1v) is 6.52. The van der Waals surface area contributed by atoms with E-state index in [4.69, 9.17) is 5.73 Å². The average molecular weight is 249 g/mol. The van der Waals surface area contributed by atoms with Crippen LogP contribution in [0.3, 0.4) is 0 Å². The first-order valence-electron chi connectivity index (χ1n) is 6.52. The number of nitrogens with one attached hydrogen (secondary N) is 1. The lowest BCUT2D eigenvalue weighted by atomic mass is 10.0. The number of hydrogen-bond acceptors (Lipinski definition) is 3. The van der Waals surface area contributed by atoms with Crippen LogP contribution in [0.2, 0.25) is 0 Å². The molecule has 1 heterocycles. The Hall–Kier alpha value is -1.58. The SMILES string of the molecule is CC(C)CCCC(C)NC(=O)c1cccc(N)n1. The van der Waals surface area contributed by atoms with Crippen LogP contribution in [-0.2, 0) is 0 Å². The number of amides is 1. The van der Waals surface area contributed by atoms with Crippen LogP contribution in [0.1, 0.15) is 50.5 Å². The van der Waals surface area contributed by atoms with Gasteiger partial charge in [-0.15, -0.1) is 0 Å². The quantitative estimate of drug-likeness (QED) is 0.814. The van der Waals surface area contributed by atoms with Crippen LogP contribution in [0.4, 0.5) is 5.82 Å². The Morgan fingerprint density at radius 1 is 1.33 bits per heavy atom. The maximum absolute atomic E-state index is 11.9. The van der Waals surface area contributed by atoms with Crippen molar-refractivity contribution < 1.29 is 4.79 Å². The smallest absolute Gasteiger partial charge is 0.270 e. The second kappa shape index (κ2) is 6.99. The molecular weight excluding hydrogens is 226 g/mol. The number of carbonyl (C=O) groups is 1. The molecular formula is C14H23N3O. The normalized spacial score (nSPS) is 12.4. The molecule has 0 spiro atoms. The minimum Gasteiger partial charge on any atom is -0.384 e. The Morgan fingerprint density at radius 2 is 2.06 bits per heavy atom. The van der Waals surface area contributed by atoms with Crippen molar-refractivity contribution in [2.24, 2.45) is 5.92 Å². The van der Waals surface area contributed by atoms with Gasteiger partial charge in [0.1, 0.15) is 11.5 Å². The van der Waals surface area contributed by atoms with Gasteiger partial charge in [-0.3, -0.25) is 4.79 Å². The fourth-order valence-electron chi connectivity index (χ4n) is 1.78. The molecule has 3 N–H and O–H groups in total. The van der Waals surface area contributed by atoms with E-state index in [1.165, 1.54) is 6.42 Å². The van der Waals surface area contributed by atoms with Gasteiger partial charge >= 0.3 is 0 Å². The van der Waals surface area contributed by atoms with E-state index in [9.17, 15) is 4.79 Å². The molecule has 0 aliphatic heterocycles. The number of nitrogens with zero attached hydrogens (tertiary/aromatic N) is 1. The predicted molar refractivity (Wildman–Crippen MR) is 74.3 cm³/mol. The van der Waals surface area contributed by atoms with Crippen LogP contribution >= 0.6 is 0 Å². The number of rotatable bonds is 6. The lowest BCUT2D eigenvalue weighted by molar-refractivity contribution is 0.0933. The molecule has 1 unspecified atom stereocenters. The number of pyridine rings is 1. The number of nitrogen functional groups attached to an aromatic ring is 1. The summed E-state index contributed by atoms with van der Waals surface area (Å²) in [6, 6.07) is 5.25. The van der Waals surface area contributed by atoms with E-state index in [1.54, 1.807) is 18.2 Å². The Labute approximate surface area is 109 Å². The third kappa shape index (κ3) is 5.17. The van der Waals surface area contributed by atoms with Gasteiger partial charge in [0, 0.05) is 6.04 Å². The summed E-state index contributed by atoms with van der Waals surface area (Å²) in [5.74, 6) is 0.929. The lowest BCUT2D eigenvalue weighted by Crippen LogP contribution is -2.33. The highest BCUT2D eigenvalue weighted by Crippen LogP contribution is 2.09. The molecule has 0 aromatic carbocycles. The van der Waals surface area contributed by atoms with Crippen molar-refractivity contribution in [2.45, 2.75) is 46.1 Å². The van der Waals surface area contributed by atoms with Crippen molar-refractivity contribution in [1.29, 1.82) is 0 Å². The van der Waals surface area contributed by atoms with E-state index in [2.05, 4.69) is 24.1 Å². The summed E-state index contributed by atoms with van der Waals surface area (Å²) in [5, 5.41) is 2.94. The first-order chi connectivity index (χ1) is 8.49. The Balaban J connectivity index is 2.40. The molecule has 1 rings (SSSR count). The summed E-state index contributed by atoms with van der Waals surface area (Å²) < 4.78 is 0. The van der Waals surface area contributed by atoms with Crippen LogP contribution in [0.15, 0.2) is 18.2 Å². The van der Waals surface area contributed by atoms with E-state index in [0.29, 0.717) is 17.4 Å². The van der Waals surface area contributed by atoms with Crippen LogP contribution in [-0.4, -0.2) is 16.9 Å². The summed E-state index contributed by atoms with van der Waals surface area (Å²) in [5.41, 5.74) is 5.93. The molecule has 0 radical (unpaired) electrons. The highest BCUT2D eigenvalue weighted by Gasteiger charge is 2.11. The fourth-order valence-corrected chi connectivity index (χ4v) is 1.78. The molecule has 18 heavy (non-hydrogen) atoms. The number of aromatic nitrogens is 1. The van der Waals surface area contributed by atoms with E-state index in [-0.39, 0.29) is 11.9 Å². The molecule has 0 saturated heterocycles. The lowest BCUT2D eigenvalue weighted by Gasteiger charge is -2.14. The summed E-state index contributed by atoms with van der Waals surface area (Å²) in [6.07, 6.45) is 3.31. The molecule has 0 saturated carbocycles. The van der Waals surface area contributed by atoms with Gasteiger partial charge < -0.3 is 11.1 Å². The minimum atomic E-state index is -0.153. The van der Waals surface area contributed by atoms with Crippen LogP contribution in [0, 0.1) is 5.92 Å². The topological polar surface area (TPSA) is 68.0 Å². The Morgan fingerprint density at radius 3 is 2.67 bits per heavy atom. The predicted octanol–water partition coefficient (Wildman–Crippen LogP) is 2.61. The molecule has 1 amide bonds. The molecule has 0 fully saturated rings. The van der Waals surface area contributed by atoms with Crippen molar-refractivity contribution >= 4 is 11.7 Å². The van der Waals surface area contributed by atoms with Crippen molar-refractivity contribution in [3.05, 3.63) is 23.9 Å². The zero-order valence-corrected chi connectivity index (χ0v) is 11.4. The maximum atomic E-state index is 11.9. The molecule has 1 atom stereocenters.